The monoisotopic (exact) mass is 690 g/mol. The van der Waals surface area contributed by atoms with Crippen LogP contribution >= 0.6 is 0 Å². The molecule has 53 heavy (non-hydrogen) atoms. The first-order valence-electron chi connectivity index (χ1n) is 18.5. The smallest absolute Gasteiger partial charge is 0.161 e. The van der Waals surface area contributed by atoms with Crippen LogP contribution in [0.25, 0.3) is 44.4 Å². The number of hydrogen-bond donors (Lipinski definition) is 0. The van der Waals surface area contributed by atoms with E-state index in [1.54, 1.807) is 0 Å². The number of pyridine rings is 2. The number of fused-ring (bicyclic) bond motifs is 7. The molecule has 2 aliphatic rings. The summed E-state index contributed by atoms with van der Waals surface area (Å²) in [5, 5.41) is 2.43. The summed E-state index contributed by atoms with van der Waals surface area (Å²) in [6.07, 6.45) is 8.62. The zero-order chi connectivity index (χ0) is 36.2. The maximum atomic E-state index is 5.13. The van der Waals surface area contributed by atoms with Gasteiger partial charge in [0.2, 0.25) is 0 Å². The maximum absolute atomic E-state index is 5.13. The average Bonchev–Trinajstić information content (AvgIpc) is 3.91. The van der Waals surface area contributed by atoms with Crippen LogP contribution in [0.3, 0.4) is 0 Å². The second-order valence-corrected chi connectivity index (χ2v) is 15.8. The number of hydrogen-bond acceptors (Lipinski definition) is 4. The predicted octanol–water partition coefficient (Wildman–Crippen LogP) is 10.3. The van der Waals surface area contributed by atoms with Crippen LogP contribution < -0.4 is 4.90 Å². The Morgan fingerprint density at radius 1 is 0.698 bits per heavy atom. The minimum Gasteiger partial charge on any atom is -0.361 e. The highest BCUT2D eigenvalue weighted by atomic mass is 15.3. The highest BCUT2D eigenvalue weighted by Crippen LogP contribution is 2.57. The van der Waals surface area contributed by atoms with Crippen molar-refractivity contribution < 1.29 is 0 Å². The largest absolute Gasteiger partial charge is 0.361 e. The Bertz CT molecular complexity index is 2760. The van der Waals surface area contributed by atoms with E-state index in [2.05, 4.69) is 188 Å². The van der Waals surface area contributed by atoms with E-state index in [4.69, 9.17) is 9.97 Å². The molecule has 0 spiro atoms. The first-order chi connectivity index (χ1) is 25.6. The van der Waals surface area contributed by atoms with E-state index < -0.39 is 5.41 Å². The number of aromatic nitrogens is 4. The molecule has 0 amide bonds. The van der Waals surface area contributed by atoms with Gasteiger partial charge in [0.1, 0.15) is 5.82 Å². The molecule has 0 atom stereocenters. The standard InChI is InChI=1S/C47H42N6/c1-30-31(2)52-28-34(26-43(45(52)49-30)51-24-23-50(6)29-51)47(39-16-10-7-13-35(39)36-14-8-11-17-40(36)47)33-19-20-38-37-15-9-12-18-41(37)53(42(38)25-33)44-27-32(21-22-48-44)46(3,4)5/h7-28H,29H2,1-6H3. The second-order valence-electron chi connectivity index (χ2n) is 15.8. The van der Waals surface area contributed by atoms with Crippen molar-refractivity contribution in [3.63, 3.8) is 0 Å². The molecule has 1 aliphatic carbocycles. The Kier molecular flexibility index (Phi) is 6.66. The third-order valence-electron chi connectivity index (χ3n) is 11.7. The third kappa shape index (κ3) is 4.45. The van der Waals surface area contributed by atoms with Crippen molar-refractivity contribution >= 4 is 33.1 Å². The van der Waals surface area contributed by atoms with Crippen LogP contribution in [0.15, 0.2) is 134 Å². The predicted molar refractivity (Wildman–Crippen MR) is 217 cm³/mol. The van der Waals surface area contributed by atoms with Crippen molar-refractivity contribution in [1.82, 2.24) is 23.8 Å². The molecule has 0 saturated carbocycles. The number of aryl methyl sites for hydroxylation is 2. The molecule has 0 saturated heterocycles. The zero-order valence-electron chi connectivity index (χ0n) is 31.1. The molecule has 6 nitrogen and oxygen atoms in total. The lowest BCUT2D eigenvalue weighted by Crippen LogP contribution is -2.30. The molecule has 0 unspecified atom stereocenters. The quantitative estimate of drug-likeness (QED) is 0.184. The molecular formula is C47H42N6. The van der Waals surface area contributed by atoms with Gasteiger partial charge < -0.3 is 14.2 Å². The topological polar surface area (TPSA) is 41.6 Å². The molecule has 4 aromatic heterocycles. The molecule has 0 N–H and O–H groups in total. The van der Waals surface area contributed by atoms with Gasteiger partial charge in [-0.05, 0) is 88.5 Å². The molecule has 8 aromatic rings. The average molecular weight is 691 g/mol. The highest BCUT2D eigenvalue weighted by Gasteiger charge is 2.47. The van der Waals surface area contributed by atoms with E-state index >= 15 is 0 Å². The van der Waals surface area contributed by atoms with Gasteiger partial charge in [-0.15, -0.1) is 0 Å². The highest BCUT2D eigenvalue weighted by molar-refractivity contribution is 6.09. The Hall–Kier alpha value is -6.14. The number of para-hydroxylation sites is 1. The van der Waals surface area contributed by atoms with Crippen molar-refractivity contribution in [3.05, 3.63) is 173 Å². The Morgan fingerprint density at radius 2 is 1.40 bits per heavy atom. The fraction of sp³-hybridized carbons (Fsp3) is 0.191. The Morgan fingerprint density at radius 3 is 2.11 bits per heavy atom. The number of rotatable bonds is 4. The summed E-state index contributed by atoms with van der Waals surface area (Å²) in [4.78, 5) is 14.7. The lowest BCUT2D eigenvalue weighted by molar-refractivity contribution is 0.496. The SMILES string of the molecule is Cc1nc2c(N3C=CN(C)C3)cc(C3(c4ccc5c6ccccc6n(-c6cc(C(C)(C)C)ccn6)c5c4)c4ccccc4-c4ccccc43)cn2c1C. The molecule has 1 aliphatic heterocycles. The van der Waals surface area contributed by atoms with Gasteiger partial charge >= 0.3 is 0 Å². The molecule has 0 fully saturated rings. The fourth-order valence-electron chi connectivity index (χ4n) is 8.94. The molecule has 0 radical (unpaired) electrons. The Labute approximate surface area is 310 Å². The lowest BCUT2D eigenvalue weighted by atomic mass is 9.68. The summed E-state index contributed by atoms with van der Waals surface area (Å²) in [6.45, 7) is 11.8. The molecule has 260 valence electrons. The van der Waals surface area contributed by atoms with E-state index in [1.807, 2.05) is 6.20 Å². The minimum absolute atomic E-state index is 0.0115. The lowest BCUT2D eigenvalue weighted by Gasteiger charge is -2.35. The van der Waals surface area contributed by atoms with E-state index in [9.17, 15) is 0 Å². The summed E-state index contributed by atoms with van der Waals surface area (Å²) in [6, 6.07) is 40.7. The Balaban J connectivity index is 1.34. The fourth-order valence-corrected chi connectivity index (χ4v) is 8.94. The first kappa shape index (κ1) is 31.6. The van der Waals surface area contributed by atoms with Crippen LogP contribution in [0, 0.1) is 13.8 Å². The van der Waals surface area contributed by atoms with Crippen LogP contribution in [-0.2, 0) is 10.8 Å². The number of anilines is 1. The summed E-state index contributed by atoms with van der Waals surface area (Å²) >= 11 is 0. The first-order valence-corrected chi connectivity index (χ1v) is 18.5. The van der Waals surface area contributed by atoms with Crippen molar-refractivity contribution in [1.29, 1.82) is 0 Å². The molecule has 10 rings (SSSR count). The van der Waals surface area contributed by atoms with Crippen LogP contribution in [0.1, 0.15) is 60.0 Å². The molecule has 5 heterocycles. The van der Waals surface area contributed by atoms with Gasteiger partial charge in [-0.25, -0.2) is 9.97 Å². The second kappa shape index (κ2) is 11.2. The van der Waals surface area contributed by atoms with Gasteiger partial charge in [0.25, 0.3) is 0 Å². The van der Waals surface area contributed by atoms with Gasteiger partial charge in [0.05, 0.1) is 34.5 Å². The zero-order valence-corrected chi connectivity index (χ0v) is 31.1. The normalized spacial score (nSPS) is 14.9. The van der Waals surface area contributed by atoms with Gasteiger partial charge in [-0.1, -0.05) is 99.6 Å². The van der Waals surface area contributed by atoms with E-state index in [1.165, 1.54) is 49.7 Å². The van der Waals surface area contributed by atoms with Crippen molar-refractivity contribution in [2.24, 2.45) is 0 Å². The van der Waals surface area contributed by atoms with Crippen LogP contribution in [0.4, 0.5) is 5.69 Å². The molecule has 4 aromatic carbocycles. The summed E-state index contributed by atoms with van der Waals surface area (Å²) < 4.78 is 4.68. The number of imidazole rings is 1. The maximum Gasteiger partial charge on any atom is 0.161 e. The summed E-state index contributed by atoms with van der Waals surface area (Å²) in [7, 11) is 2.12. The van der Waals surface area contributed by atoms with Crippen molar-refractivity contribution in [3.8, 4) is 16.9 Å². The van der Waals surface area contributed by atoms with Gasteiger partial charge in [-0.2, -0.15) is 0 Å². The summed E-state index contributed by atoms with van der Waals surface area (Å²) in [5.74, 6) is 0.931. The van der Waals surface area contributed by atoms with E-state index in [-0.39, 0.29) is 5.41 Å². The van der Waals surface area contributed by atoms with Gasteiger partial charge in [0.15, 0.2) is 5.65 Å². The van der Waals surface area contributed by atoms with Gasteiger partial charge in [-0.3, -0.25) is 4.57 Å². The van der Waals surface area contributed by atoms with Crippen molar-refractivity contribution in [2.45, 2.75) is 45.4 Å². The van der Waals surface area contributed by atoms with E-state index in [0.29, 0.717) is 0 Å². The number of nitrogens with zero attached hydrogens (tertiary/aromatic N) is 6. The molecule has 6 heteroatoms. The van der Waals surface area contributed by atoms with Crippen LogP contribution in [0.2, 0.25) is 0 Å². The van der Waals surface area contributed by atoms with E-state index in [0.717, 1.165) is 46.2 Å². The number of benzene rings is 4. The third-order valence-corrected chi connectivity index (χ3v) is 11.7. The van der Waals surface area contributed by atoms with Crippen LogP contribution in [0.5, 0.6) is 0 Å². The molecular weight excluding hydrogens is 649 g/mol. The summed E-state index contributed by atoms with van der Waals surface area (Å²) in [5.41, 5.74) is 14.7. The molecule has 0 bridgehead atoms. The van der Waals surface area contributed by atoms with Crippen LogP contribution in [-0.4, -0.2) is 37.6 Å². The van der Waals surface area contributed by atoms with Gasteiger partial charge in [0, 0.05) is 48.3 Å². The van der Waals surface area contributed by atoms with Crippen molar-refractivity contribution in [2.75, 3.05) is 18.6 Å². The minimum atomic E-state index is -0.619.